The second-order valence-electron chi connectivity index (χ2n) is 5.79. The van der Waals surface area contributed by atoms with E-state index in [4.69, 9.17) is 5.73 Å². The van der Waals surface area contributed by atoms with Gasteiger partial charge in [-0.3, -0.25) is 0 Å². The van der Waals surface area contributed by atoms with Crippen LogP contribution in [0.4, 0.5) is 0 Å². The molecule has 2 N–H and O–H groups in total. The third-order valence-electron chi connectivity index (χ3n) is 3.33. The van der Waals surface area contributed by atoms with Crippen molar-refractivity contribution < 1.29 is 0 Å². The standard InChI is InChI=1S/C16H27N3/c1-6-19(7-2)15(17)18-12-13-8-10-14(11-9-13)16(3,4)5/h8-11H,6-7,12H2,1-5H3,(H2,17,18). The highest BCUT2D eigenvalue weighted by Gasteiger charge is 2.12. The Hall–Kier alpha value is -1.51. The van der Waals surface area contributed by atoms with Crippen LogP contribution in [0, 0.1) is 0 Å². The molecule has 0 amide bonds. The zero-order chi connectivity index (χ0) is 14.5. The third-order valence-corrected chi connectivity index (χ3v) is 3.33. The average Bonchev–Trinajstić information content (AvgIpc) is 2.37. The van der Waals surface area contributed by atoms with E-state index < -0.39 is 0 Å². The minimum atomic E-state index is 0.196. The van der Waals surface area contributed by atoms with Gasteiger partial charge in [0.2, 0.25) is 0 Å². The zero-order valence-electron chi connectivity index (χ0n) is 12.9. The Morgan fingerprint density at radius 2 is 1.63 bits per heavy atom. The molecular formula is C16H27N3. The Kier molecular flexibility index (Phi) is 5.40. The first-order chi connectivity index (χ1) is 8.88. The SMILES string of the molecule is CCN(CC)C(N)=NCc1ccc(C(C)(C)C)cc1. The van der Waals surface area contributed by atoms with E-state index in [0.717, 1.165) is 13.1 Å². The Morgan fingerprint density at radius 1 is 1.11 bits per heavy atom. The molecule has 3 heteroatoms. The summed E-state index contributed by atoms with van der Waals surface area (Å²) >= 11 is 0. The molecule has 0 saturated heterocycles. The summed E-state index contributed by atoms with van der Waals surface area (Å²) in [5.41, 5.74) is 8.70. The molecule has 0 bridgehead atoms. The van der Waals surface area contributed by atoms with Crippen molar-refractivity contribution in [3.05, 3.63) is 35.4 Å². The van der Waals surface area contributed by atoms with E-state index >= 15 is 0 Å². The number of nitrogens with two attached hydrogens (primary N) is 1. The van der Waals surface area contributed by atoms with Gasteiger partial charge in [0.05, 0.1) is 6.54 Å². The average molecular weight is 261 g/mol. The molecule has 0 heterocycles. The molecular weight excluding hydrogens is 234 g/mol. The minimum Gasteiger partial charge on any atom is -0.370 e. The highest BCUT2D eigenvalue weighted by atomic mass is 15.2. The fraction of sp³-hybridized carbons (Fsp3) is 0.562. The Balaban J connectivity index is 2.71. The van der Waals surface area contributed by atoms with Gasteiger partial charge in [0.15, 0.2) is 5.96 Å². The lowest BCUT2D eigenvalue weighted by Crippen LogP contribution is -2.37. The van der Waals surface area contributed by atoms with Crippen LogP contribution in [0.1, 0.15) is 45.7 Å². The normalized spacial score (nSPS) is 12.6. The van der Waals surface area contributed by atoms with Crippen molar-refractivity contribution in [1.82, 2.24) is 4.90 Å². The van der Waals surface area contributed by atoms with Crippen LogP contribution in [0.25, 0.3) is 0 Å². The van der Waals surface area contributed by atoms with Gasteiger partial charge in [-0.25, -0.2) is 4.99 Å². The van der Waals surface area contributed by atoms with Gasteiger partial charge in [-0.2, -0.15) is 0 Å². The fourth-order valence-electron chi connectivity index (χ4n) is 1.93. The predicted octanol–water partition coefficient (Wildman–Crippen LogP) is 3.14. The van der Waals surface area contributed by atoms with Gasteiger partial charge < -0.3 is 10.6 Å². The molecule has 0 aliphatic rings. The zero-order valence-corrected chi connectivity index (χ0v) is 12.9. The van der Waals surface area contributed by atoms with Crippen LogP contribution in [-0.4, -0.2) is 23.9 Å². The van der Waals surface area contributed by atoms with Crippen molar-refractivity contribution in [3.8, 4) is 0 Å². The van der Waals surface area contributed by atoms with Crippen LogP contribution >= 0.6 is 0 Å². The third kappa shape index (κ3) is 4.58. The molecule has 0 unspecified atom stereocenters. The number of benzene rings is 1. The summed E-state index contributed by atoms with van der Waals surface area (Å²) in [5.74, 6) is 0.630. The second kappa shape index (κ2) is 6.60. The first-order valence-electron chi connectivity index (χ1n) is 7.02. The summed E-state index contributed by atoms with van der Waals surface area (Å²) in [5, 5.41) is 0. The van der Waals surface area contributed by atoms with Crippen LogP contribution in [0.2, 0.25) is 0 Å². The summed E-state index contributed by atoms with van der Waals surface area (Å²) in [7, 11) is 0. The summed E-state index contributed by atoms with van der Waals surface area (Å²) in [6, 6.07) is 8.64. The van der Waals surface area contributed by atoms with Crippen molar-refractivity contribution in [2.45, 2.75) is 46.6 Å². The van der Waals surface area contributed by atoms with Crippen LogP contribution in [0.5, 0.6) is 0 Å². The van der Waals surface area contributed by atoms with E-state index in [1.165, 1.54) is 11.1 Å². The number of hydrogen-bond donors (Lipinski definition) is 1. The maximum atomic E-state index is 5.96. The van der Waals surface area contributed by atoms with Crippen molar-refractivity contribution in [3.63, 3.8) is 0 Å². The summed E-state index contributed by atoms with van der Waals surface area (Å²) in [6.45, 7) is 13.3. The molecule has 1 aromatic carbocycles. The molecule has 1 aromatic rings. The molecule has 0 aliphatic carbocycles. The number of aliphatic imine (C=N–C) groups is 1. The fourth-order valence-corrected chi connectivity index (χ4v) is 1.93. The number of nitrogens with zero attached hydrogens (tertiary/aromatic N) is 2. The van der Waals surface area contributed by atoms with E-state index in [9.17, 15) is 0 Å². The maximum absolute atomic E-state index is 5.96. The molecule has 19 heavy (non-hydrogen) atoms. The summed E-state index contributed by atoms with van der Waals surface area (Å²) in [4.78, 5) is 6.51. The van der Waals surface area contributed by atoms with Gasteiger partial charge >= 0.3 is 0 Å². The number of rotatable bonds is 4. The molecule has 1 rings (SSSR count). The number of hydrogen-bond acceptors (Lipinski definition) is 1. The van der Waals surface area contributed by atoms with E-state index in [2.05, 4.69) is 68.8 Å². The van der Waals surface area contributed by atoms with Crippen LogP contribution in [-0.2, 0) is 12.0 Å². The highest BCUT2D eigenvalue weighted by Crippen LogP contribution is 2.22. The van der Waals surface area contributed by atoms with Crippen LogP contribution < -0.4 is 5.73 Å². The van der Waals surface area contributed by atoms with E-state index in [1.54, 1.807) is 0 Å². The molecule has 3 nitrogen and oxygen atoms in total. The quantitative estimate of drug-likeness (QED) is 0.668. The first-order valence-corrected chi connectivity index (χ1v) is 7.02. The van der Waals surface area contributed by atoms with E-state index in [1.807, 2.05) is 0 Å². The van der Waals surface area contributed by atoms with Crippen molar-refractivity contribution in [2.24, 2.45) is 10.7 Å². The topological polar surface area (TPSA) is 41.6 Å². The molecule has 0 aliphatic heterocycles. The highest BCUT2D eigenvalue weighted by molar-refractivity contribution is 5.77. The van der Waals surface area contributed by atoms with Crippen molar-refractivity contribution in [2.75, 3.05) is 13.1 Å². The lowest BCUT2D eigenvalue weighted by atomic mass is 9.87. The Morgan fingerprint density at radius 3 is 2.05 bits per heavy atom. The largest absolute Gasteiger partial charge is 0.370 e. The van der Waals surface area contributed by atoms with Crippen molar-refractivity contribution >= 4 is 5.96 Å². The minimum absolute atomic E-state index is 0.196. The molecule has 0 aromatic heterocycles. The molecule has 0 radical (unpaired) electrons. The smallest absolute Gasteiger partial charge is 0.191 e. The lowest BCUT2D eigenvalue weighted by Gasteiger charge is -2.20. The Bertz CT molecular complexity index is 409. The van der Waals surface area contributed by atoms with E-state index in [-0.39, 0.29) is 5.41 Å². The van der Waals surface area contributed by atoms with Crippen LogP contribution in [0.3, 0.4) is 0 Å². The van der Waals surface area contributed by atoms with Crippen LogP contribution in [0.15, 0.2) is 29.3 Å². The van der Waals surface area contributed by atoms with Gasteiger partial charge in [-0.15, -0.1) is 0 Å². The maximum Gasteiger partial charge on any atom is 0.191 e. The molecule has 0 spiro atoms. The predicted molar refractivity (Wildman–Crippen MR) is 83.4 cm³/mol. The Labute approximate surface area is 117 Å². The van der Waals surface area contributed by atoms with Gasteiger partial charge in [0, 0.05) is 13.1 Å². The van der Waals surface area contributed by atoms with Crippen molar-refractivity contribution in [1.29, 1.82) is 0 Å². The monoisotopic (exact) mass is 261 g/mol. The van der Waals surface area contributed by atoms with Gasteiger partial charge in [-0.05, 0) is 30.4 Å². The lowest BCUT2D eigenvalue weighted by molar-refractivity contribution is 0.458. The summed E-state index contributed by atoms with van der Waals surface area (Å²) in [6.07, 6.45) is 0. The first kappa shape index (κ1) is 15.5. The van der Waals surface area contributed by atoms with Gasteiger partial charge in [-0.1, -0.05) is 45.0 Å². The molecule has 0 fully saturated rings. The summed E-state index contributed by atoms with van der Waals surface area (Å²) < 4.78 is 0. The molecule has 0 saturated carbocycles. The number of guanidine groups is 1. The van der Waals surface area contributed by atoms with Gasteiger partial charge in [0.1, 0.15) is 0 Å². The molecule has 0 atom stereocenters. The van der Waals surface area contributed by atoms with Gasteiger partial charge in [0.25, 0.3) is 0 Å². The molecule has 106 valence electrons. The van der Waals surface area contributed by atoms with E-state index in [0.29, 0.717) is 12.5 Å². The second-order valence-corrected chi connectivity index (χ2v) is 5.79.